The number of carbonyl (C=O) groups is 1. The van der Waals surface area contributed by atoms with Crippen LogP contribution in [-0.2, 0) is 9.53 Å². The molecule has 0 saturated heterocycles. The van der Waals surface area contributed by atoms with E-state index in [-0.39, 0.29) is 6.10 Å². The van der Waals surface area contributed by atoms with Crippen molar-refractivity contribution in [3.05, 3.63) is 48.0 Å². The predicted octanol–water partition coefficient (Wildman–Crippen LogP) is 4.04. The highest BCUT2D eigenvalue weighted by atomic mass is 16.5. The molecule has 0 N–H and O–H groups in total. The molecule has 0 saturated carbocycles. The zero-order chi connectivity index (χ0) is 12.5. The first-order chi connectivity index (χ1) is 8.29. The maximum atomic E-state index is 10.6. The van der Waals surface area contributed by atoms with E-state index in [1.807, 2.05) is 30.3 Å². The lowest BCUT2D eigenvalue weighted by Gasteiger charge is -2.18. The van der Waals surface area contributed by atoms with Gasteiger partial charge in [0.2, 0.25) is 0 Å². The van der Waals surface area contributed by atoms with Crippen LogP contribution in [0.2, 0.25) is 0 Å². The molecule has 0 aliphatic carbocycles. The van der Waals surface area contributed by atoms with Crippen molar-refractivity contribution in [1.82, 2.24) is 0 Å². The van der Waals surface area contributed by atoms with Crippen LogP contribution in [0.25, 0.3) is 0 Å². The molecule has 0 spiro atoms. The summed E-state index contributed by atoms with van der Waals surface area (Å²) in [7, 11) is 0. The monoisotopic (exact) mass is 232 g/mol. The second-order valence-electron chi connectivity index (χ2n) is 4.14. The fourth-order valence-electron chi connectivity index (χ4n) is 1.83. The van der Waals surface area contributed by atoms with Gasteiger partial charge in [-0.1, -0.05) is 56.7 Å². The summed E-state index contributed by atoms with van der Waals surface area (Å²) in [5, 5.41) is 0. The molecular formula is C15H20O2. The molecule has 0 bridgehead atoms. The number of hydrogen-bond acceptors (Lipinski definition) is 2. The van der Waals surface area contributed by atoms with Crippen LogP contribution < -0.4 is 0 Å². The molecule has 2 heteroatoms. The first-order valence-corrected chi connectivity index (χ1v) is 6.11. The van der Waals surface area contributed by atoms with Crippen molar-refractivity contribution in [2.75, 3.05) is 0 Å². The van der Waals surface area contributed by atoms with Crippen molar-refractivity contribution in [2.24, 2.45) is 0 Å². The first-order valence-electron chi connectivity index (χ1n) is 6.11. The molecule has 0 aliphatic heterocycles. The fourth-order valence-corrected chi connectivity index (χ4v) is 1.83. The van der Waals surface area contributed by atoms with Crippen LogP contribution in [0, 0.1) is 0 Å². The second kappa shape index (κ2) is 7.66. The normalized spacial score (nSPS) is 11.8. The highest BCUT2D eigenvalue weighted by molar-refractivity contribution is 5.40. The molecule has 2 nitrogen and oxygen atoms in total. The van der Waals surface area contributed by atoms with Gasteiger partial charge in [0.1, 0.15) is 6.10 Å². The Kier molecular flexibility index (Phi) is 6.08. The Hall–Kier alpha value is -1.57. The molecule has 1 unspecified atom stereocenters. The fraction of sp³-hybridized carbons (Fsp3) is 0.400. The number of ether oxygens (including phenoxy) is 1. The number of benzene rings is 1. The van der Waals surface area contributed by atoms with Gasteiger partial charge in [0.15, 0.2) is 0 Å². The summed E-state index contributed by atoms with van der Waals surface area (Å²) in [5.74, 6) is 0. The molecule has 0 aliphatic rings. The topological polar surface area (TPSA) is 26.3 Å². The molecule has 0 radical (unpaired) electrons. The Labute approximate surface area is 103 Å². The molecule has 0 amide bonds. The minimum Gasteiger partial charge on any atom is -0.455 e. The molecule has 1 aromatic rings. The van der Waals surface area contributed by atoms with Crippen molar-refractivity contribution in [3.63, 3.8) is 0 Å². The average Bonchev–Trinajstić information content (AvgIpc) is 2.37. The standard InChI is InChI=1S/C15H20O2/c1-3-4-6-9-13(2)15(17-12-16)14-10-7-5-8-11-14/h5,7-8,10-12,15H,2-4,6,9H2,1H3. The highest BCUT2D eigenvalue weighted by Crippen LogP contribution is 2.27. The first kappa shape index (κ1) is 13.5. The highest BCUT2D eigenvalue weighted by Gasteiger charge is 2.15. The van der Waals surface area contributed by atoms with Crippen LogP contribution in [-0.4, -0.2) is 6.47 Å². The van der Waals surface area contributed by atoms with Gasteiger partial charge < -0.3 is 4.74 Å². The van der Waals surface area contributed by atoms with Crippen molar-refractivity contribution < 1.29 is 9.53 Å². The van der Waals surface area contributed by atoms with E-state index in [2.05, 4.69) is 13.5 Å². The number of rotatable bonds is 8. The van der Waals surface area contributed by atoms with E-state index in [1.165, 1.54) is 12.8 Å². The van der Waals surface area contributed by atoms with E-state index < -0.39 is 0 Å². The quantitative estimate of drug-likeness (QED) is 0.384. The van der Waals surface area contributed by atoms with Crippen molar-refractivity contribution in [1.29, 1.82) is 0 Å². The lowest BCUT2D eigenvalue weighted by atomic mass is 9.98. The lowest BCUT2D eigenvalue weighted by Crippen LogP contribution is -2.06. The summed E-state index contributed by atoms with van der Waals surface area (Å²) in [6, 6.07) is 9.74. The molecule has 0 aromatic heterocycles. The third kappa shape index (κ3) is 4.43. The minimum absolute atomic E-state index is 0.300. The summed E-state index contributed by atoms with van der Waals surface area (Å²) in [6.07, 6.45) is 4.06. The second-order valence-corrected chi connectivity index (χ2v) is 4.14. The van der Waals surface area contributed by atoms with E-state index in [4.69, 9.17) is 4.74 Å². The zero-order valence-corrected chi connectivity index (χ0v) is 10.4. The van der Waals surface area contributed by atoms with Gasteiger partial charge >= 0.3 is 0 Å². The van der Waals surface area contributed by atoms with Gasteiger partial charge in [0, 0.05) is 0 Å². The molecule has 1 rings (SSSR count). The van der Waals surface area contributed by atoms with Gasteiger partial charge in [-0.3, -0.25) is 4.79 Å². The van der Waals surface area contributed by atoms with Crippen LogP contribution >= 0.6 is 0 Å². The van der Waals surface area contributed by atoms with Crippen molar-refractivity contribution >= 4 is 6.47 Å². The Balaban J connectivity index is 2.65. The molecular weight excluding hydrogens is 212 g/mol. The Morgan fingerprint density at radius 1 is 1.35 bits per heavy atom. The van der Waals surface area contributed by atoms with Crippen molar-refractivity contribution in [3.8, 4) is 0 Å². The van der Waals surface area contributed by atoms with Crippen LogP contribution in [0.4, 0.5) is 0 Å². The average molecular weight is 232 g/mol. The van der Waals surface area contributed by atoms with E-state index in [9.17, 15) is 4.79 Å². The summed E-state index contributed by atoms with van der Waals surface area (Å²) < 4.78 is 5.14. The number of unbranched alkanes of at least 4 members (excludes halogenated alkanes) is 2. The summed E-state index contributed by atoms with van der Waals surface area (Å²) in [5.41, 5.74) is 1.96. The zero-order valence-electron chi connectivity index (χ0n) is 10.4. The van der Waals surface area contributed by atoms with Gasteiger partial charge in [-0.05, 0) is 24.0 Å². The lowest BCUT2D eigenvalue weighted by molar-refractivity contribution is -0.132. The molecule has 1 aromatic carbocycles. The molecule has 1 atom stereocenters. The van der Waals surface area contributed by atoms with Gasteiger partial charge in [0.05, 0.1) is 0 Å². The molecule has 17 heavy (non-hydrogen) atoms. The van der Waals surface area contributed by atoms with Gasteiger partial charge in [-0.2, -0.15) is 0 Å². The Morgan fingerprint density at radius 2 is 2.06 bits per heavy atom. The van der Waals surface area contributed by atoms with Crippen LogP contribution in [0.1, 0.15) is 44.3 Å². The number of carbonyl (C=O) groups excluding carboxylic acids is 1. The van der Waals surface area contributed by atoms with Gasteiger partial charge in [0.25, 0.3) is 6.47 Å². The largest absolute Gasteiger partial charge is 0.455 e. The van der Waals surface area contributed by atoms with Crippen LogP contribution in [0.5, 0.6) is 0 Å². The predicted molar refractivity (Wildman–Crippen MR) is 69.6 cm³/mol. The minimum atomic E-state index is -0.300. The summed E-state index contributed by atoms with van der Waals surface area (Å²) in [4.78, 5) is 10.6. The van der Waals surface area contributed by atoms with Gasteiger partial charge in [-0.25, -0.2) is 0 Å². The third-order valence-electron chi connectivity index (χ3n) is 2.77. The Morgan fingerprint density at radius 3 is 2.65 bits per heavy atom. The molecule has 0 fully saturated rings. The summed E-state index contributed by atoms with van der Waals surface area (Å²) >= 11 is 0. The Bertz CT molecular complexity index is 343. The maximum absolute atomic E-state index is 10.6. The van der Waals surface area contributed by atoms with E-state index in [0.29, 0.717) is 6.47 Å². The smallest absolute Gasteiger partial charge is 0.294 e. The third-order valence-corrected chi connectivity index (χ3v) is 2.77. The van der Waals surface area contributed by atoms with E-state index in [0.717, 1.165) is 24.0 Å². The summed E-state index contributed by atoms with van der Waals surface area (Å²) in [6.45, 7) is 6.71. The van der Waals surface area contributed by atoms with Crippen molar-refractivity contribution in [2.45, 2.75) is 38.7 Å². The van der Waals surface area contributed by atoms with Crippen LogP contribution in [0.15, 0.2) is 42.5 Å². The van der Waals surface area contributed by atoms with E-state index in [1.54, 1.807) is 0 Å². The maximum Gasteiger partial charge on any atom is 0.294 e. The van der Waals surface area contributed by atoms with Crippen LogP contribution in [0.3, 0.4) is 0 Å². The molecule has 0 heterocycles. The SMILES string of the molecule is C=C(CCCCC)C(OC=O)c1ccccc1. The molecule has 92 valence electrons. The number of hydrogen-bond donors (Lipinski definition) is 0. The van der Waals surface area contributed by atoms with E-state index >= 15 is 0 Å². The van der Waals surface area contributed by atoms with Gasteiger partial charge in [-0.15, -0.1) is 0 Å².